The number of nitrogens with one attached hydrogen (secondary N) is 1. The van der Waals surface area contributed by atoms with E-state index >= 15 is 0 Å². The maximum Gasteiger partial charge on any atom is 0.254 e. The van der Waals surface area contributed by atoms with Crippen LogP contribution < -0.4 is 5.32 Å². The maximum atomic E-state index is 12.4. The van der Waals surface area contributed by atoms with E-state index in [1.807, 2.05) is 7.05 Å². The zero-order chi connectivity index (χ0) is 16.1. The molecule has 1 N–H and O–H groups in total. The molecule has 0 atom stereocenters. The van der Waals surface area contributed by atoms with Crippen LogP contribution in [-0.2, 0) is 4.79 Å². The van der Waals surface area contributed by atoms with Gasteiger partial charge in [-0.15, -0.1) is 12.4 Å². The number of benzene rings is 1. The first-order chi connectivity index (χ1) is 10.5. The summed E-state index contributed by atoms with van der Waals surface area (Å²) in [6, 6.07) is 4.82. The van der Waals surface area contributed by atoms with Gasteiger partial charge in [0.1, 0.15) is 0 Å². The van der Waals surface area contributed by atoms with Crippen molar-refractivity contribution in [3.63, 3.8) is 0 Å². The zero-order valence-corrected chi connectivity index (χ0v) is 15.2. The van der Waals surface area contributed by atoms with E-state index in [-0.39, 0.29) is 24.2 Å². The fourth-order valence-corrected chi connectivity index (χ4v) is 2.93. The third kappa shape index (κ3) is 5.53. The minimum Gasteiger partial charge on any atom is -0.339 e. The van der Waals surface area contributed by atoms with Gasteiger partial charge in [0.05, 0.1) is 0 Å². The molecular weight excluding hydrogens is 361 g/mol. The van der Waals surface area contributed by atoms with Crippen LogP contribution in [0.3, 0.4) is 0 Å². The number of amides is 2. The van der Waals surface area contributed by atoms with Crippen molar-refractivity contribution in [2.24, 2.45) is 0 Å². The summed E-state index contributed by atoms with van der Waals surface area (Å²) >= 11 is 11.9. The molecule has 23 heavy (non-hydrogen) atoms. The standard InChI is InChI=1S/C15H19Cl2N3O2.ClH/c1-18-3-2-14(21)19-4-6-20(7-5-19)15(22)11-8-12(16)10-13(17)9-11;/h8-10,18H,2-7H2,1H3;1H. The Morgan fingerprint density at radius 3 is 2.09 bits per heavy atom. The summed E-state index contributed by atoms with van der Waals surface area (Å²) in [7, 11) is 1.82. The molecule has 1 heterocycles. The molecule has 0 aliphatic carbocycles. The van der Waals surface area contributed by atoms with Crippen molar-refractivity contribution in [3.05, 3.63) is 33.8 Å². The highest BCUT2D eigenvalue weighted by atomic mass is 35.5. The smallest absolute Gasteiger partial charge is 0.254 e. The average Bonchev–Trinajstić information content (AvgIpc) is 2.51. The second-order valence-electron chi connectivity index (χ2n) is 5.18. The first kappa shape index (κ1) is 20.0. The number of rotatable bonds is 4. The predicted octanol–water partition coefficient (Wildman–Crippen LogP) is 2.31. The monoisotopic (exact) mass is 379 g/mol. The first-order valence-corrected chi connectivity index (χ1v) is 7.94. The summed E-state index contributed by atoms with van der Waals surface area (Å²) in [5.41, 5.74) is 0.479. The third-order valence-corrected chi connectivity index (χ3v) is 4.05. The first-order valence-electron chi connectivity index (χ1n) is 7.19. The molecule has 1 aliphatic rings. The molecule has 1 aromatic carbocycles. The van der Waals surface area contributed by atoms with Crippen molar-refractivity contribution in [3.8, 4) is 0 Å². The van der Waals surface area contributed by atoms with E-state index in [2.05, 4.69) is 5.32 Å². The lowest BCUT2D eigenvalue weighted by Gasteiger charge is -2.35. The van der Waals surface area contributed by atoms with Gasteiger partial charge in [-0.25, -0.2) is 0 Å². The number of hydrogen-bond donors (Lipinski definition) is 1. The molecule has 0 aromatic heterocycles. The lowest BCUT2D eigenvalue weighted by atomic mass is 10.1. The van der Waals surface area contributed by atoms with E-state index in [0.717, 1.165) is 0 Å². The average molecular weight is 381 g/mol. The number of nitrogens with zero attached hydrogens (tertiary/aromatic N) is 2. The molecule has 0 bridgehead atoms. The molecule has 2 amide bonds. The van der Waals surface area contributed by atoms with Gasteiger partial charge >= 0.3 is 0 Å². The molecule has 1 aliphatic heterocycles. The maximum absolute atomic E-state index is 12.4. The van der Waals surface area contributed by atoms with Crippen LogP contribution in [0.5, 0.6) is 0 Å². The van der Waals surface area contributed by atoms with Gasteiger partial charge in [0.15, 0.2) is 0 Å². The van der Waals surface area contributed by atoms with Crippen LogP contribution in [0, 0.1) is 0 Å². The van der Waals surface area contributed by atoms with Crippen molar-refractivity contribution in [2.75, 3.05) is 39.8 Å². The van der Waals surface area contributed by atoms with Crippen LogP contribution in [0.4, 0.5) is 0 Å². The quantitative estimate of drug-likeness (QED) is 0.872. The Kier molecular flexibility index (Phi) is 8.12. The third-order valence-electron chi connectivity index (χ3n) is 3.62. The molecule has 1 aromatic rings. The Morgan fingerprint density at radius 2 is 1.57 bits per heavy atom. The Labute approximate surface area is 152 Å². The zero-order valence-electron chi connectivity index (χ0n) is 12.8. The summed E-state index contributed by atoms with van der Waals surface area (Å²) in [4.78, 5) is 27.9. The van der Waals surface area contributed by atoms with E-state index in [4.69, 9.17) is 23.2 Å². The number of hydrogen-bond acceptors (Lipinski definition) is 3. The van der Waals surface area contributed by atoms with Crippen LogP contribution in [0.1, 0.15) is 16.8 Å². The van der Waals surface area contributed by atoms with E-state index in [1.54, 1.807) is 28.0 Å². The van der Waals surface area contributed by atoms with Gasteiger partial charge in [-0.05, 0) is 25.2 Å². The minimum absolute atomic E-state index is 0. The van der Waals surface area contributed by atoms with Gasteiger partial charge in [-0.3, -0.25) is 9.59 Å². The molecule has 0 saturated carbocycles. The molecule has 5 nitrogen and oxygen atoms in total. The Balaban J connectivity index is 0.00000264. The van der Waals surface area contributed by atoms with Gasteiger partial charge in [0.2, 0.25) is 5.91 Å². The van der Waals surface area contributed by atoms with Crippen LogP contribution in [0.2, 0.25) is 10.0 Å². The molecule has 0 unspecified atom stereocenters. The lowest BCUT2D eigenvalue weighted by Crippen LogP contribution is -2.50. The van der Waals surface area contributed by atoms with Gasteiger partial charge in [0, 0.05) is 54.8 Å². The van der Waals surface area contributed by atoms with Crippen molar-refractivity contribution in [2.45, 2.75) is 6.42 Å². The second kappa shape index (κ2) is 9.33. The van der Waals surface area contributed by atoms with Crippen molar-refractivity contribution < 1.29 is 9.59 Å². The fourth-order valence-electron chi connectivity index (χ4n) is 2.41. The number of halogens is 3. The number of carbonyl (C=O) groups excluding carboxylic acids is 2. The number of piperazine rings is 1. The topological polar surface area (TPSA) is 52.7 Å². The van der Waals surface area contributed by atoms with Crippen molar-refractivity contribution in [1.29, 1.82) is 0 Å². The van der Waals surface area contributed by atoms with E-state index < -0.39 is 0 Å². The molecule has 128 valence electrons. The normalized spacial score (nSPS) is 14.4. The van der Waals surface area contributed by atoms with Crippen LogP contribution in [0.25, 0.3) is 0 Å². The molecule has 0 radical (unpaired) electrons. The molecule has 8 heteroatoms. The van der Waals surface area contributed by atoms with E-state index in [1.165, 1.54) is 0 Å². The highest BCUT2D eigenvalue weighted by Gasteiger charge is 2.24. The predicted molar refractivity (Wildman–Crippen MR) is 94.7 cm³/mol. The summed E-state index contributed by atoms with van der Waals surface area (Å²) < 4.78 is 0. The van der Waals surface area contributed by atoms with Gasteiger partial charge < -0.3 is 15.1 Å². The molecule has 1 saturated heterocycles. The Hall–Kier alpha value is -1.01. The van der Waals surface area contributed by atoms with E-state index in [0.29, 0.717) is 54.8 Å². The summed E-state index contributed by atoms with van der Waals surface area (Å²) in [5, 5.41) is 3.84. The summed E-state index contributed by atoms with van der Waals surface area (Å²) in [5.74, 6) is 0.0129. The molecule has 1 fully saturated rings. The van der Waals surface area contributed by atoms with Crippen molar-refractivity contribution >= 4 is 47.4 Å². The Bertz CT molecular complexity index is 541. The largest absolute Gasteiger partial charge is 0.339 e. The van der Waals surface area contributed by atoms with Gasteiger partial charge in [-0.1, -0.05) is 23.2 Å². The summed E-state index contributed by atoms with van der Waals surface area (Å²) in [6.07, 6.45) is 0.481. The lowest BCUT2D eigenvalue weighted by molar-refractivity contribution is -0.132. The molecule has 0 spiro atoms. The SMILES string of the molecule is CNCCC(=O)N1CCN(C(=O)c2cc(Cl)cc(Cl)c2)CC1.Cl. The minimum atomic E-state index is -0.105. The fraction of sp³-hybridized carbons (Fsp3) is 0.467. The van der Waals surface area contributed by atoms with Crippen LogP contribution >= 0.6 is 35.6 Å². The molecule has 2 rings (SSSR count). The Morgan fingerprint density at radius 1 is 1.04 bits per heavy atom. The van der Waals surface area contributed by atoms with Crippen LogP contribution in [0.15, 0.2) is 18.2 Å². The number of carbonyl (C=O) groups is 2. The summed E-state index contributed by atoms with van der Waals surface area (Å²) in [6.45, 7) is 2.83. The van der Waals surface area contributed by atoms with Crippen LogP contribution in [-0.4, -0.2) is 61.4 Å². The highest BCUT2D eigenvalue weighted by Crippen LogP contribution is 2.20. The highest BCUT2D eigenvalue weighted by molar-refractivity contribution is 6.35. The van der Waals surface area contributed by atoms with Crippen molar-refractivity contribution in [1.82, 2.24) is 15.1 Å². The van der Waals surface area contributed by atoms with E-state index in [9.17, 15) is 9.59 Å². The molecular formula is C15H20Cl3N3O2. The second-order valence-corrected chi connectivity index (χ2v) is 6.06. The van der Waals surface area contributed by atoms with Gasteiger partial charge in [-0.2, -0.15) is 0 Å². The van der Waals surface area contributed by atoms with Gasteiger partial charge in [0.25, 0.3) is 5.91 Å².